The van der Waals surface area contributed by atoms with Gasteiger partial charge < -0.3 is 10.3 Å². The maximum absolute atomic E-state index is 12.8. The van der Waals surface area contributed by atoms with Crippen LogP contribution in [0.2, 0.25) is 0 Å². The van der Waals surface area contributed by atoms with Crippen LogP contribution >= 0.6 is 0 Å². The van der Waals surface area contributed by atoms with Crippen LogP contribution in [0.4, 0.5) is 8.78 Å². The summed E-state index contributed by atoms with van der Waals surface area (Å²) in [5.41, 5.74) is 4.80. The molecule has 0 radical (unpaired) electrons. The molecule has 3 N–H and O–H groups in total. The number of aryl methyl sites for hydroxylation is 2. The van der Waals surface area contributed by atoms with Crippen molar-refractivity contribution >= 4 is 10.0 Å². The highest BCUT2D eigenvalue weighted by molar-refractivity contribution is 7.89. The first-order valence-corrected chi connectivity index (χ1v) is 6.24. The Morgan fingerprint density at radius 2 is 2.18 bits per heavy atom. The molecule has 0 fully saturated rings. The highest BCUT2D eigenvalue weighted by Crippen LogP contribution is 2.12. The number of hydrogen-bond acceptors (Lipinski definition) is 4. The van der Waals surface area contributed by atoms with Crippen molar-refractivity contribution < 1.29 is 17.2 Å². The lowest BCUT2D eigenvalue weighted by Gasteiger charge is -2.13. The van der Waals surface area contributed by atoms with Crippen LogP contribution in [-0.4, -0.2) is 37.0 Å². The van der Waals surface area contributed by atoms with Crippen molar-refractivity contribution in [3.63, 3.8) is 0 Å². The van der Waals surface area contributed by atoms with Gasteiger partial charge in [0.1, 0.15) is 5.82 Å². The first-order chi connectivity index (χ1) is 7.68. The summed E-state index contributed by atoms with van der Waals surface area (Å²) in [6.07, 6.45) is 1.25. The predicted octanol–water partition coefficient (Wildman–Crippen LogP) is -0.399. The number of halogens is 2. The zero-order valence-corrected chi connectivity index (χ0v) is 10.3. The number of rotatable bonds is 5. The van der Waals surface area contributed by atoms with Gasteiger partial charge >= 0.3 is 0 Å². The minimum absolute atomic E-state index is 0.287. The average molecular weight is 268 g/mol. The lowest BCUT2D eigenvalue weighted by molar-refractivity contribution is 0.0170. The van der Waals surface area contributed by atoms with Gasteiger partial charge in [-0.1, -0.05) is 0 Å². The summed E-state index contributed by atoms with van der Waals surface area (Å²) in [4.78, 5) is 3.74. The van der Waals surface area contributed by atoms with Crippen molar-refractivity contribution in [2.45, 2.75) is 17.9 Å². The summed E-state index contributed by atoms with van der Waals surface area (Å²) in [7, 11) is -2.42. The van der Waals surface area contributed by atoms with E-state index in [4.69, 9.17) is 5.73 Å². The molecule has 0 aliphatic heterocycles. The number of nitrogens with one attached hydrogen (secondary N) is 1. The standard InChI is InChI=1S/C8H14F2N4O2S/c1-6-13-7(3-14(6)2)17(15,16)12-5-8(9,10)4-11/h3,12H,4-5,11H2,1-2H3. The zero-order valence-electron chi connectivity index (χ0n) is 9.44. The van der Waals surface area contributed by atoms with E-state index >= 15 is 0 Å². The van der Waals surface area contributed by atoms with Gasteiger partial charge in [0.05, 0.1) is 13.1 Å². The first kappa shape index (κ1) is 14.0. The fraction of sp³-hybridized carbons (Fsp3) is 0.625. The molecule has 6 nitrogen and oxygen atoms in total. The Bertz CT molecular complexity index is 478. The van der Waals surface area contributed by atoms with E-state index in [1.807, 2.05) is 0 Å². The molecular formula is C8H14F2N4O2S. The molecule has 0 saturated heterocycles. The van der Waals surface area contributed by atoms with E-state index < -0.39 is 29.0 Å². The first-order valence-electron chi connectivity index (χ1n) is 4.75. The Labute approximate surface area is 97.9 Å². The zero-order chi connectivity index (χ0) is 13.3. The van der Waals surface area contributed by atoms with Crippen molar-refractivity contribution in [3.8, 4) is 0 Å². The Morgan fingerprint density at radius 3 is 2.59 bits per heavy atom. The van der Waals surface area contributed by atoms with Crippen LogP contribution in [0.1, 0.15) is 5.82 Å². The topological polar surface area (TPSA) is 90.0 Å². The lowest BCUT2D eigenvalue weighted by Crippen LogP contribution is -2.41. The van der Waals surface area contributed by atoms with E-state index in [0.717, 1.165) is 0 Å². The average Bonchev–Trinajstić information content (AvgIpc) is 2.58. The molecule has 1 aromatic heterocycles. The third-order valence-electron chi connectivity index (χ3n) is 2.18. The maximum Gasteiger partial charge on any atom is 0.273 e. The molecule has 1 rings (SSSR count). The predicted molar refractivity (Wildman–Crippen MR) is 57.1 cm³/mol. The summed E-state index contributed by atoms with van der Waals surface area (Å²) < 4.78 is 52.1. The largest absolute Gasteiger partial charge is 0.337 e. The molecule has 0 aromatic carbocycles. The van der Waals surface area contributed by atoms with Gasteiger partial charge in [-0.05, 0) is 6.92 Å². The Balaban J connectivity index is 2.83. The van der Waals surface area contributed by atoms with Crippen LogP contribution in [0.3, 0.4) is 0 Å². The normalized spacial score (nSPS) is 13.0. The van der Waals surface area contributed by atoms with E-state index in [1.54, 1.807) is 18.7 Å². The number of aromatic nitrogens is 2. The summed E-state index contributed by atoms with van der Waals surface area (Å²) in [5, 5.41) is -0.287. The van der Waals surface area contributed by atoms with Gasteiger partial charge in [-0.2, -0.15) is 0 Å². The van der Waals surface area contributed by atoms with Gasteiger partial charge in [0.15, 0.2) is 5.03 Å². The number of alkyl halides is 2. The van der Waals surface area contributed by atoms with E-state index in [0.29, 0.717) is 5.82 Å². The van der Waals surface area contributed by atoms with Gasteiger partial charge in [0.2, 0.25) is 0 Å². The lowest BCUT2D eigenvalue weighted by atomic mass is 10.3. The SMILES string of the molecule is Cc1nc(S(=O)(=O)NCC(F)(F)CN)cn1C. The molecule has 0 unspecified atom stereocenters. The van der Waals surface area contributed by atoms with E-state index in [1.165, 1.54) is 10.8 Å². The highest BCUT2D eigenvalue weighted by Gasteiger charge is 2.30. The molecule has 0 atom stereocenters. The fourth-order valence-electron chi connectivity index (χ4n) is 1.00. The molecule has 0 bridgehead atoms. The third kappa shape index (κ3) is 3.45. The Kier molecular flexibility index (Phi) is 3.84. The summed E-state index contributed by atoms with van der Waals surface area (Å²) in [6, 6.07) is 0. The molecule has 0 saturated carbocycles. The minimum Gasteiger partial charge on any atom is -0.337 e. The molecule has 0 aliphatic rings. The highest BCUT2D eigenvalue weighted by atomic mass is 32.2. The van der Waals surface area contributed by atoms with Crippen molar-refractivity contribution in [3.05, 3.63) is 12.0 Å². The number of sulfonamides is 1. The second-order valence-corrected chi connectivity index (χ2v) is 5.34. The molecule has 98 valence electrons. The van der Waals surface area contributed by atoms with Crippen LogP contribution in [0.25, 0.3) is 0 Å². The maximum atomic E-state index is 12.8. The van der Waals surface area contributed by atoms with E-state index in [9.17, 15) is 17.2 Å². The van der Waals surface area contributed by atoms with Crippen molar-refractivity contribution in [2.75, 3.05) is 13.1 Å². The molecule has 0 aliphatic carbocycles. The van der Waals surface area contributed by atoms with Gasteiger partial charge in [-0.3, -0.25) is 0 Å². The molecule has 0 amide bonds. The van der Waals surface area contributed by atoms with Gasteiger partial charge in [0.25, 0.3) is 15.9 Å². The van der Waals surface area contributed by atoms with Gasteiger partial charge in [0, 0.05) is 13.2 Å². The van der Waals surface area contributed by atoms with Crippen LogP contribution < -0.4 is 10.5 Å². The number of nitrogens with zero attached hydrogens (tertiary/aromatic N) is 2. The third-order valence-corrected chi connectivity index (χ3v) is 3.45. The molecule has 0 spiro atoms. The molecule has 9 heteroatoms. The van der Waals surface area contributed by atoms with Crippen molar-refractivity contribution in [1.29, 1.82) is 0 Å². The molecular weight excluding hydrogens is 254 g/mol. The van der Waals surface area contributed by atoms with Crippen LogP contribution in [0, 0.1) is 6.92 Å². The molecule has 17 heavy (non-hydrogen) atoms. The van der Waals surface area contributed by atoms with Crippen LogP contribution in [-0.2, 0) is 17.1 Å². The monoisotopic (exact) mass is 268 g/mol. The number of imidazole rings is 1. The minimum atomic E-state index is -4.02. The van der Waals surface area contributed by atoms with Crippen molar-refractivity contribution in [1.82, 2.24) is 14.3 Å². The van der Waals surface area contributed by atoms with Crippen LogP contribution in [0.5, 0.6) is 0 Å². The quantitative estimate of drug-likeness (QED) is 0.760. The Hall–Kier alpha value is -1.06. The second-order valence-electron chi connectivity index (χ2n) is 3.62. The number of hydrogen-bond donors (Lipinski definition) is 2. The Morgan fingerprint density at radius 1 is 1.59 bits per heavy atom. The summed E-state index contributed by atoms with van der Waals surface area (Å²) in [5.74, 6) is -2.80. The van der Waals surface area contributed by atoms with E-state index in [2.05, 4.69) is 4.98 Å². The second kappa shape index (κ2) is 4.67. The van der Waals surface area contributed by atoms with E-state index in [-0.39, 0.29) is 5.03 Å². The molecule has 1 heterocycles. The van der Waals surface area contributed by atoms with Crippen LogP contribution in [0.15, 0.2) is 11.2 Å². The number of nitrogens with two attached hydrogens (primary N) is 1. The van der Waals surface area contributed by atoms with Gasteiger partial charge in [-0.15, -0.1) is 0 Å². The molecule has 1 aromatic rings. The van der Waals surface area contributed by atoms with Crippen molar-refractivity contribution in [2.24, 2.45) is 12.8 Å². The smallest absolute Gasteiger partial charge is 0.273 e. The van der Waals surface area contributed by atoms with Gasteiger partial charge in [-0.25, -0.2) is 26.9 Å². The fourth-order valence-corrected chi connectivity index (χ4v) is 2.10. The summed E-state index contributed by atoms with van der Waals surface area (Å²) >= 11 is 0. The summed E-state index contributed by atoms with van der Waals surface area (Å²) in [6.45, 7) is -0.355.